The van der Waals surface area contributed by atoms with Crippen LogP contribution in [0.15, 0.2) is 66.7 Å². The van der Waals surface area contributed by atoms with Crippen LogP contribution in [0.2, 0.25) is 0 Å². The molecule has 1 aliphatic rings. The van der Waals surface area contributed by atoms with Gasteiger partial charge in [0.1, 0.15) is 10.6 Å². The summed E-state index contributed by atoms with van der Waals surface area (Å²) in [7, 11) is 0. The van der Waals surface area contributed by atoms with Crippen LogP contribution in [-0.4, -0.2) is 31.3 Å². The Balaban J connectivity index is 1.33. The molecule has 0 amide bonds. The number of morpholine rings is 1. The number of nitrogens with zero attached hydrogens (tertiary/aromatic N) is 2. The number of hydrogen-bond donors (Lipinski definition) is 1. The number of benzene rings is 2. The Bertz CT molecular complexity index is 1130. The van der Waals surface area contributed by atoms with Crippen molar-refractivity contribution in [3.05, 3.63) is 72.3 Å². The minimum absolute atomic E-state index is 0.801. The molecule has 0 saturated carbocycles. The summed E-state index contributed by atoms with van der Waals surface area (Å²) in [6, 6.07) is 23.8. The summed E-state index contributed by atoms with van der Waals surface area (Å²) in [5, 5.41) is 4.63. The molecule has 1 aliphatic heterocycles. The third-order valence-electron chi connectivity index (χ3n) is 5.55. The van der Waals surface area contributed by atoms with Crippen molar-refractivity contribution in [2.24, 2.45) is 0 Å². The number of hydrogen-bond acceptors (Lipinski definition) is 5. The van der Waals surface area contributed by atoms with Crippen molar-refractivity contribution in [3.63, 3.8) is 0 Å². The van der Waals surface area contributed by atoms with E-state index in [1.807, 2.05) is 0 Å². The number of aryl methyl sites for hydroxylation is 1. The molecule has 1 fully saturated rings. The minimum atomic E-state index is 0.801. The van der Waals surface area contributed by atoms with Gasteiger partial charge in [-0.3, -0.25) is 0 Å². The average Bonchev–Trinajstić information content (AvgIpc) is 3.24. The summed E-state index contributed by atoms with van der Waals surface area (Å²) < 4.78 is 5.44. The van der Waals surface area contributed by atoms with Crippen molar-refractivity contribution in [1.29, 1.82) is 0 Å². The van der Waals surface area contributed by atoms with Crippen molar-refractivity contribution in [3.8, 4) is 10.4 Å². The fraction of sp³-hybridized carbons (Fsp3) is 0.240. The second-order valence-corrected chi connectivity index (χ2v) is 8.55. The van der Waals surface area contributed by atoms with E-state index in [4.69, 9.17) is 9.72 Å². The molecule has 5 rings (SSSR count). The molecule has 5 heteroatoms. The van der Waals surface area contributed by atoms with Gasteiger partial charge in [0.05, 0.1) is 13.2 Å². The van der Waals surface area contributed by atoms with Crippen molar-refractivity contribution in [2.75, 3.05) is 36.5 Å². The molecule has 152 valence electrons. The molecular weight excluding hydrogens is 390 g/mol. The lowest BCUT2D eigenvalue weighted by molar-refractivity contribution is 0.122. The topological polar surface area (TPSA) is 37.4 Å². The zero-order chi connectivity index (χ0) is 20.3. The molecule has 30 heavy (non-hydrogen) atoms. The molecule has 0 unspecified atom stereocenters. The Morgan fingerprint density at radius 1 is 0.967 bits per heavy atom. The number of anilines is 3. The smallest absolute Gasteiger partial charge is 0.132 e. The van der Waals surface area contributed by atoms with Crippen LogP contribution < -0.4 is 10.2 Å². The fourth-order valence-corrected chi connectivity index (χ4v) is 4.80. The summed E-state index contributed by atoms with van der Waals surface area (Å²) in [6.07, 6.45) is 1.07. The Morgan fingerprint density at radius 2 is 1.73 bits per heavy atom. The molecule has 2 aromatic carbocycles. The molecule has 0 atom stereocenters. The quantitative estimate of drug-likeness (QED) is 0.427. The van der Waals surface area contributed by atoms with Gasteiger partial charge in [0.25, 0.3) is 0 Å². The SMILES string of the molecule is CCc1ccc(-c2cc3ccc(Nc4ccc(N5CCOCC5)cc4)nc3s2)cc1. The van der Waals surface area contributed by atoms with Gasteiger partial charge in [-0.25, -0.2) is 4.98 Å². The first-order valence-corrected chi connectivity index (χ1v) is 11.3. The van der Waals surface area contributed by atoms with Crippen LogP contribution in [0.1, 0.15) is 12.5 Å². The lowest BCUT2D eigenvalue weighted by Crippen LogP contribution is -2.36. The third-order valence-corrected chi connectivity index (χ3v) is 6.64. The molecule has 1 saturated heterocycles. The first kappa shape index (κ1) is 19.1. The highest BCUT2D eigenvalue weighted by Crippen LogP contribution is 2.34. The highest BCUT2D eigenvalue weighted by Gasteiger charge is 2.11. The molecule has 0 radical (unpaired) electrons. The largest absolute Gasteiger partial charge is 0.378 e. The number of nitrogens with one attached hydrogen (secondary N) is 1. The van der Waals surface area contributed by atoms with Gasteiger partial charge in [0.2, 0.25) is 0 Å². The van der Waals surface area contributed by atoms with Gasteiger partial charge in [0.15, 0.2) is 0 Å². The average molecular weight is 416 g/mol. The number of aromatic nitrogens is 1. The van der Waals surface area contributed by atoms with E-state index in [-0.39, 0.29) is 0 Å². The normalized spacial score (nSPS) is 14.2. The number of pyridine rings is 1. The van der Waals surface area contributed by atoms with Crippen molar-refractivity contribution in [2.45, 2.75) is 13.3 Å². The Kier molecular flexibility index (Phi) is 5.39. The molecule has 0 spiro atoms. The van der Waals surface area contributed by atoms with Crippen LogP contribution in [0.3, 0.4) is 0 Å². The molecule has 3 heterocycles. The molecule has 1 N–H and O–H groups in total. The Labute approximate surface area is 181 Å². The minimum Gasteiger partial charge on any atom is -0.378 e. The molecule has 4 aromatic rings. The maximum atomic E-state index is 5.44. The lowest BCUT2D eigenvalue weighted by Gasteiger charge is -2.28. The summed E-state index contributed by atoms with van der Waals surface area (Å²) in [4.78, 5) is 9.51. The number of thiophene rings is 1. The van der Waals surface area contributed by atoms with Gasteiger partial charge in [-0.05, 0) is 60.0 Å². The molecule has 2 aromatic heterocycles. The number of fused-ring (bicyclic) bond motifs is 1. The van der Waals surface area contributed by atoms with E-state index in [2.05, 4.69) is 83.9 Å². The first-order chi connectivity index (χ1) is 14.8. The summed E-state index contributed by atoms with van der Waals surface area (Å²) in [5.74, 6) is 0.872. The Hall–Kier alpha value is -2.89. The zero-order valence-electron chi connectivity index (χ0n) is 17.1. The predicted octanol–water partition coefficient (Wildman–Crippen LogP) is 6.11. The van der Waals surface area contributed by atoms with Crippen molar-refractivity contribution < 1.29 is 4.74 Å². The maximum absolute atomic E-state index is 5.44. The zero-order valence-corrected chi connectivity index (χ0v) is 17.9. The third kappa shape index (κ3) is 4.04. The van der Waals surface area contributed by atoms with Crippen molar-refractivity contribution >= 4 is 38.7 Å². The van der Waals surface area contributed by atoms with Crippen LogP contribution in [0.25, 0.3) is 20.7 Å². The van der Waals surface area contributed by atoms with Gasteiger partial charge in [-0.15, -0.1) is 11.3 Å². The second-order valence-electron chi connectivity index (χ2n) is 7.52. The standard InChI is InChI=1S/C25H25N3OS/c1-2-18-3-5-19(6-4-18)23-17-20-7-12-24(27-25(20)30-23)26-21-8-10-22(11-9-21)28-13-15-29-16-14-28/h3-12,17H,2,13-16H2,1H3,(H,26,27). The summed E-state index contributed by atoms with van der Waals surface area (Å²) in [5.41, 5.74) is 4.91. The maximum Gasteiger partial charge on any atom is 0.132 e. The monoisotopic (exact) mass is 415 g/mol. The predicted molar refractivity (Wildman–Crippen MR) is 127 cm³/mol. The number of rotatable bonds is 5. The second kappa shape index (κ2) is 8.46. The van der Waals surface area contributed by atoms with E-state index in [0.29, 0.717) is 0 Å². The van der Waals surface area contributed by atoms with Crippen LogP contribution in [0.5, 0.6) is 0 Å². The van der Waals surface area contributed by atoms with E-state index in [0.717, 1.165) is 49.1 Å². The van der Waals surface area contributed by atoms with Gasteiger partial charge in [-0.2, -0.15) is 0 Å². The molecule has 4 nitrogen and oxygen atoms in total. The first-order valence-electron chi connectivity index (χ1n) is 10.5. The Morgan fingerprint density at radius 3 is 2.47 bits per heavy atom. The van der Waals surface area contributed by atoms with Gasteiger partial charge < -0.3 is 15.0 Å². The summed E-state index contributed by atoms with van der Waals surface area (Å²) >= 11 is 1.74. The van der Waals surface area contributed by atoms with Crippen molar-refractivity contribution in [1.82, 2.24) is 4.98 Å². The van der Waals surface area contributed by atoms with E-state index < -0.39 is 0 Å². The highest BCUT2D eigenvalue weighted by atomic mass is 32.1. The molecule has 0 bridgehead atoms. The van der Waals surface area contributed by atoms with E-state index >= 15 is 0 Å². The van der Waals surface area contributed by atoms with Gasteiger partial charge in [-0.1, -0.05) is 31.2 Å². The molecular formula is C25H25N3OS. The van der Waals surface area contributed by atoms with Gasteiger partial charge in [0, 0.05) is 34.7 Å². The van der Waals surface area contributed by atoms with E-state index in [9.17, 15) is 0 Å². The van der Waals surface area contributed by atoms with Crippen LogP contribution in [0, 0.1) is 0 Å². The van der Waals surface area contributed by atoms with Crippen LogP contribution >= 0.6 is 11.3 Å². The highest BCUT2D eigenvalue weighted by molar-refractivity contribution is 7.21. The lowest BCUT2D eigenvalue weighted by atomic mass is 10.1. The summed E-state index contributed by atoms with van der Waals surface area (Å²) in [6.45, 7) is 5.69. The van der Waals surface area contributed by atoms with Crippen LogP contribution in [-0.2, 0) is 11.2 Å². The van der Waals surface area contributed by atoms with Crippen LogP contribution in [0.4, 0.5) is 17.2 Å². The van der Waals surface area contributed by atoms with Gasteiger partial charge >= 0.3 is 0 Å². The van der Waals surface area contributed by atoms with E-state index in [1.165, 1.54) is 27.1 Å². The van der Waals surface area contributed by atoms with E-state index in [1.54, 1.807) is 11.3 Å². The fourth-order valence-electron chi connectivity index (χ4n) is 3.76. The number of ether oxygens (including phenoxy) is 1. The molecule has 0 aliphatic carbocycles.